The summed E-state index contributed by atoms with van der Waals surface area (Å²) >= 11 is 1.42. The number of benzene rings is 3. The van der Waals surface area contributed by atoms with Crippen LogP contribution >= 0.6 is 11.3 Å². The first-order chi connectivity index (χ1) is 56.7. The highest BCUT2D eigenvalue weighted by Gasteiger charge is 2.55. The molecule has 0 saturated heterocycles. The van der Waals surface area contributed by atoms with Crippen LogP contribution in [0.15, 0.2) is 203 Å². The van der Waals surface area contributed by atoms with Gasteiger partial charge in [-0.3, -0.25) is 51.0 Å². The minimum Gasteiger partial charge on any atom is -0.291 e. The molecule has 119 heavy (non-hydrogen) atoms. The summed E-state index contributed by atoms with van der Waals surface area (Å²) in [5.41, 5.74) is 11.4. The number of carbonyl (C=O) groups is 3. The molecule has 3 aromatic carbocycles. The number of carbonyl (C=O) groups excluding carboxylic acids is 3. The second-order valence-corrected chi connectivity index (χ2v) is 42.4. The Morgan fingerprint density at radius 1 is 0.420 bits per heavy atom. The summed E-state index contributed by atoms with van der Waals surface area (Å²) in [6.07, 6.45) is 34.6. The number of thiazole rings is 1. The molecular formula is C91H94F3N15O6S4. The van der Waals surface area contributed by atoms with Crippen LogP contribution in [0.3, 0.4) is 0 Å². The highest BCUT2D eigenvalue weighted by molar-refractivity contribution is 8.01. The van der Waals surface area contributed by atoms with E-state index >= 15 is 0 Å². The summed E-state index contributed by atoms with van der Waals surface area (Å²) in [7, 11) is -2.54. The Bertz CT molecular complexity index is 6150. The first kappa shape index (κ1) is 81.7. The lowest BCUT2D eigenvalue weighted by Gasteiger charge is -2.45. The van der Waals surface area contributed by atoms with Crippen molar-refractivity contribution in [2.24, 2.45) is 55.1 Å². The van der Waals surface area contributed by atoms with Gasteiger partial charge in [-0.15, -0.1) is 11.3 Å². The van der Waals surface area contributed by atoms with Gasteiger partial charge >= 0.3 is 0 Å². The maximum atomic E-state index is 14.4. The van der Waals surface area contributed by atoms with Gasteiger partial charge in [-0.2, -0.15) is 30.6 Å². The average molecular weight is 1680 g/mol. The summed E-state index contributed by atoms with van der Waals surface area (Å²) in [6.45, 7) is 11.8. The molecule has 18 rings (SSSR count). The predicted octanol–water partition coefficient (Wildman–Crippen LogP) is 15.7. The van der Waals surface area contributed by atoms with E-state index in [4.69, 9.17) is 0 Å². The molecule has 0 bridgehead atoms. The van der Waals surface area contributed by atoms with Crippen LogP contribution in [0, 0.1) is 72.2 Å². The van der Waals surface area contributed by atoms with Gasteiger partial charge < -0.3 is 0 Å². The molecule has 3 unspecified atom stereocenters. The predicted molar refractivity (Wildman–Crippen MR) is 461 cm³/mol. The van der Waals surface area contributed by atoms with Crippen molar-refractivity contribution in [1.82, 2.24) is 73.6 Å². The zero-order chi connectivity index (χ0) is 84.0. The van der Waals surface area contributed by atoms with Crippen molar-refractivity contribution in [2.45, 2.75) is 149 Å². The fraction of sp³-hybridized carbons (Fsp3) is 0.330. The highest BCUT2D eigenvalue weighted by atomic mass is 32.2. The first-order valence-corrected chi connectivity index (χ1v) is 46.0. The summed E-state index contributed by atoms with van der Waals surface area (Å²) < 4.78 is 93.1. The summed E-state index contributed by atoms with van der Waals surface area (Å²) in [5.74, 6) is 11.6. The van der Waals surface area contributed by atoms with Crippen LogP contribution in [-0.2, 0) is 69.0 Å². The van der Waals surface area contributed by atoms with Crippen LogP contribution in [0.5, 0.6) is 0 Å². The Kier molecular flexibility index (Phi) is 21.7. The van der Waals surface area contributed by atoms with Gasteiger partial charge in [0.1, 0.15) is 28.8 Å². The third-order valence-corrected chi connectivity index (χ3v) is 34.4. The molecule has 9 heterocycles. The molecule has 6 aliphatic carbocycles. The number of fused-ring (bicyclic) bond motifs is 6. The number of nitrogens with zero attached hydrogens (tertiary/aromatic N) is 15. The second-order valence-electron chi connectivity index (χ2n) is 33.2. The Balaban J connectivity index is 0.000000133. The number of ketones is 3. The highest BCUT2D eigenvalue weighted by Crippen LogP contribution is 2.57. The molecule has 0 N–H and O–H groups in total. The van der Waals surface area contributed by atoms with Crippen molar-refractivity contribution >= 4 is 93.1 Å². The molecule has 3 saturated carbocycles. The molecule has 0 amide bonds. The van der Waals surface area contributed by atoms with E-state index in [0.29, 0.717) is 88.9 Å². The Morgan fingerprint density at radius 2 is 0.731 bits per heavy atom. The lowest BCUT2D eigenvalue weighted by atomic mass is 9.58. The summed E-state index contributed by atoms with van der Waals surface area (Å²) in [6, 6.07) is 26.1. The molecule has 0 radical (unpaired) electrons. The fourth-order valence-electron chi connectivity index (χ4n) is 18.7. The number of pyridine rings is 2. The molecule has 28 heteroatoms. The van der Waals surface area contributed by atoms with Crippen molar-refractivity contribution in [2.75, 3.05) is 0 Å². The molecule has 21 nitrogen and oxygen atoms in total. The minimum atomic E-state index is -2.65. The minimum absolute atomic E-state index is 0.00504. The van der Waals surface area contributed by atoms with E-state index in [0.717, 1.165) is 103 Å². The standard InChI is InChI=1S/2C31H32FN5O2S.C29H30FN5O2S2/c2*1-20-5-12-28(33-16-20)30(38)31-14-22(21(2)40(4,39)27-18-34-36(3)19-27)6-7-24(31)13-29-23(15-31)17-35-37(29)26-10-8-25(32)9-11-26;1-18-14-31-28(38-18)27(36)29-12-20(19(2)39(4,37)25-16-32-34(3)17-25)5-6-22(29)11-26-21(13-29)15-33-35(26)24-9-7-23(30)8-10-24/h2*5,8-13,16-19,21-22H,4,6-7,14-15H2,1-3H3;7-11,14-17,19-20H,4-6,12-13H2,1-3H3/t21-,22+,31-,40?;21-,22-,31+,40?;19-,20-,29+,39?/m100/s1. The Labute approximate surface area is 695 Å². The van der Waals surface area contributed by atoms with Crippen molar-refractivity contribution in [3.8, 4) is 17.1 Å². The largest absolute Gasteiger partial charge is 0.291 e. The van der Waals surface area contributed by atoms with E-state index in [1.165, 1.54) is 47.7 Å². The van der Waals surface area contributed by atoms with E-state index in [9.17, 15) is 40.2 Å². The van der Waals surface area contributed by atoms with Crippen LogP contribution in [0.4, 0.5) is 13.2 Å². The molecule has 0 spiro atoms. The zero-order valence-corrected chi connectivity index (χ0v) is 71.2. The maximum Gasteiger partial charge on any atom is 0.201 e. The molecule has 3 fully saturated rings. The summed E-state index contributed by atoms with van der Waals surface area (Å²) in [5, 5.41) is 26.3. The molecule has 12 atom stereocenters. The third kappa shape index (κ3) is 15.1. The number of hydrogen-bond acceptors (Lipinski definition) is 16. The molecule has 614 valence electrons. The van der Waals surface area contributed by atoms with Crippen molar-refractivity contribution in [1.29, 1.82) is 0 Å². The van der Waals surface area contributed by atoms with Gasteiger partial charge in [0.15, 0.2) is 16.6 Å². The van der Waals surface area contributed by atoms with Gasteiger partial charge in [-0.1, -0.05) is 49.6 Å². The van der Waals surface area contributed by atoms with Crippen molar-refractivity contribution in [3.63, 3.8) is 0 Å². The first-order valence-electron chi connectivity index (χ1n) is 39.8. The smallest absolute Gasteiger partial charge is 0.201 e. The number of halogens is 3. The van der Waals surface area contributed by atoms with E-state index in [1.54, 1.807) is 167 Å². The van der Waals surface area contributed by atoms with Gasteiger partial charge in [-0.05, 0) is 264 Å². The van der Waals surface area contributed by atoms with Crippen LogP contribution in [0.25, 0.3) is 35.3 Å². The van der Waals surface area contributed by atoms with Crippen LogP contribution < -0.4 is 0 Å². The van der Waals surface area contributed by atoms with E-state index in [2.05, 4.69) is 81.4 Å². The van der Waals surface area contributed by atoms with Gasteiger partial charge in [0.2, 0.25) is 5.78 Å². The van der Waals surface area contributed by atoms with Gasteiger partial charge in [-0.25, -0.2) is 32.2 Å². The van der Waals surface area contributed by atoms with E-state index in [-0.39, 0.29) is 68.3 Å². The number of Topliss-reactive ketones (excluding diaryl/α,β-unsaturated/α-hetero) is 3. The average Bonchev–Trinajstić information content (AvgIpc) is 1.72. The van der Waals surface area contributed by atoms with Crippen LogP contribution in [-0.4, -0.2) is 137 Å². The Hall–Kier alpha value is -11.1. The number of aryl methyl sites for hydroxylation is 6. The van der Waals surface area contributed by atoms with Crippen LogP contribution in [0.1, 0.15) is 159 Å². The van der Waals surface area contributed by atoms with Gasteiger partial charge in [0.25, 0.3) is 0 Å². The number of allylic oxidation sites excluding steroid dienone is 3. The van der Waals surface area contributed by atoms with E-state index in [1.807, 2.05) is 58.4 Å². The fourth-order valence-corrected chi connectivity index (χ4v) is 25.0. The number of rotatable bonds is 18. The monoisotopic (exact) mass is 1680 g/mol. The van der Waals surface area contributed by atoms with Gasteiger partial charge in [0.05, 0.1) is 102 Å². The molecular weight excluding hydrogens is 1580 g/mol. The number of aromatic nitrogens is 15. The lowest BCUT2D eigenvalue weighted by molar-refractivity contribution is 0.0748. The molecule has 0 aliphatic heterocycles. The van der Waals surface area contributed by atoms with Crippen LogP contribution in [0.2, 0.25) is 0 Å². The Morgan fingerprint density at radius 3 is 1.00 bits per heavy atom. The molecule has 9 aromatic heterocycles. The second kappa shape index (κ2) is 31.6. The van der Waals surface area contributed by atoms with E-state index < -0.39 is 44.8 Å². The van der Waals surface area contributed by atoms with Crippen molar-refractivity contribution < 1.29 is 40.2 Å². The van der Waals surface area contributed by atoms with Crippen molar-refractivity contribution in [3.05, 3.63) is 272 Å². The lowest BCUT2D eigenvalue weighted by Crippen LogP contribution is -2.45. The molecule has 6 aliphatic rings. The SMILES string of the molecule is C=S(=O)(c1cnn(C)c1)[C@@H](C)[C@H]1CCC2=Cc3c(cnn3-c3ccc(F)cc3)C[C@]2(C(=O)c2ccc(C)cn2)C1.C=S(=O)(c1cnn(C)c1)[C@@H](C)[C@H]1CCC2=Cc3c(cnn3-c3ccc(F)cc3)C[C@]2(C(=O)c2ncc(C)s2)C1.C=S(=O)(c1cnn(C)c1)[C@H](C)[C@H]1CCC2=Cc3c(cnn3-c3ccc(F)cc3)C[C@]2(C(=O)c2ccc(C)cn2)C1. The quantitative estimate of drug-likeness (QED) is 0.0572. The third-order valence-electron chi connectivity index (χ3n) is 25.8. The normalized spacial score (nSPS) is 22.6. The molecule has 12 aromatic rings. The number of hydrogen-bond donors (Lipinski definition) is 0. The topological polar surface area (TPSA) is 248 Å². The summed E-state index contributed by atoms with van der Waals surface area (Å²) in [4.78, 5) is 59.5. The maximum absolute atomic E-state index is 14.4. The van der Waals surface area contributed by atoms with Gasteiger partial charge in [0, 0.05) is 108 Å². The zero-order valence-electron chi connectivity index (χ0n) is 67.9.